The average molecular weight is 239 g/mol. The van der Waals surface area contributed by atoms with E-state index in [1.54, 1.807) is 6.92 Å². The minimum absolute atomic E-state index is 0.101. The van der Waals surface area contributed by atoms with Crippen LogP contribution in [0.5, 0.6) is 0 Å². The number of amides is 1. The van der Waals surface area contributed by atoms with Crippen LogP contribution in [0.2, 0.25) is 0 Å². The van der Waals surface area contributed by atoms with Crippen LogP contribution in [0, 0.1) is 12.7 Å². The second-order valence-corrected chi connectivity index (χ2v) is 3.83. The molecule has 0 spiro atoms. The maximum atomic E-state index is 13.0. The Morgan fingerprint density at radius 2 is 2.06 bits per heavy atom. The maximum absolute atomic E-state index is 13.0. The van der Waals surface area contributed by atoms with Gasteiger partial charge in [-0.15, -0.1) is 0 Å². The van der Waals surface area contributed by atoms with Crippen molar-refractivity contribution >= 4 is 11.9 Å². The number of nitrogens with zero attached hydrogens (tertiary/aromatic N) is 1. The molecule has 0 atom stereocenters. The lowest BCUT2D eigenvalue weighted by molar-refractivity contribution is -0.137. The highest BCUT2D eigenvalue weighted by molar-refractivity contribution is 5.95. The van der Waals surface area contributed by atoms with E-state index in [0.29, 0.717) is 5.56 Å². The van der Waals surface area contributed by atoms with E-state index in [-0.39, 0.29) is 24.4 Å². The zero-order valence-electron chi connectivity index (χ0n) is 9.74. The van der Waals surface area contributed by atoms with Crippen molar-refractivity contribution in [2.75, 3.05) is 13.6 Å². The van der Waals surface area contributed by atoms with Crippen molar-refractivity contribution in [2.45, 2.75) is 13.3 Å². The van der Waals surface area contributed by atoms with Gasteiger partial charge in [0.15, 0.2) is 0 Å². The largest absolute Gasteiger partial charge is 0.481 e. The summed E-state index contributed by atoms with van der Waals surface area (Å²) >= 11 is 0. The molecule has 1 rings (SSSR count). The molecular formula is C12H14FNO3. The first-order valence-electron chi connectivity index (χ1n) is 5.15. The number of carbonyl (C=O) groups is 2. The number of halogens is 1. The van der Waals surface area contributed by atoms with E-state index in [0.717, 1.165) is 6.07 Å². The van der Waals surface area contributed by atoms with Crippen LogP contribution in [-0.2, 0) is 4.79 Å². The zero-order chi connectivity index (χ0) is 13.0. The fourth-order valence-corrected chi connectivity index (χ4v) is 1.40. The number of rotatable bonds is 4. The van der Waals surface area contributed by atoms with E-state index in [4.69, 9.17) is 5.11 Å². The average Bonchev–Trinajstić information content (AvgIpc) is 2.28. The lowest BCUT2D eigenvalue weighted by Gasteiger charge is -2.17. The Morgan fingerprint density at radius 1 is 1.41 bits per heavy atom. The smallest absolute Gasteiger partial charge is 0.305 e. The molecule has 0 unspecified atom stereocenters. The highest BCUT2D eigenvalue weighted by Crippen LogP contribution is 2.12. The first-order valence-corrected chi connectivity index (χ1v) is 5.15. The van der Waals surface area contributed by atoms with Crippen molar-refractivity contribution in [3.63, 3.8) is 0 Å². The summed E-state index contributed by atoms with van der Waals surface area (Å²) in [5.74, 6) is -1.82. The molecule has 0 aliphatic heterocycles. The topological polar surface area (TPSA) is 57.6 Å². The Labute approximate surface area is 98.7 Å². The molecule has 4 nitrogen and oxygen atoms in total. The van der Waals surface area contributed by atoms with Crippen molar-refractivity contribution < 1.29 is 19.1 Å². The van der Waals surface area contributed by atoms with Gasteiger partial charge in [-0.1, -0.05) is 6.07 Å². The molecule has 17 heavy (non-hydrogen) atoms. The van der Waals surface area contributed by atoms with Gasteiger partial charge in [-0.2, -0.15) is 0 Å². The lowest BCUT2D eigenvalue weighted by atomic mass is 10.1. The monoisotopic (exact) mass is 239 g/mol. The number of carbonyl (C=O) groups excluding carboxylic acids is 1. The van der Waals surface area contributed by atoms with Crippen LogP contribution in [0.15, 0.2) is 18.2 Å². The SMILES string of the molecule is Cc1ccc(F)cc1C(=O)N(C)CCC(=O)O. The molecule has 0 heterocycles. The van der Waals surface area contributed by atoms with E-state index in [2.05, 4.69) is 0 Å². The Morgan fingerprint density at radius 3 is 2.65 bits per heavy atom. The number of hydrogen-bond donors (Lipinski definition) is 1. The molecule has 1 aromatic carbocycles. The summed E-state index contributed by atoms with van der Waals surface area (Å²) < 4.78 is 13.0. The summed E-state index contributed by atoms with van der Waals surface area (Å²) in [6, 6.07) is 3.96. The van der Waals surface area contributed by atoms with Crippen molar-refractivity contribution in [1.29, 1.82) is 0 Å². The molecular weight excluding hydrogens is 225 g/mol. The number of aliphatic carboxylic acids is 1. The molecule has 0 saturated heterocycles. The molecule has 0 aromatic heterocycles. The first-order chi connectivity index (χ1) is 7.91. The highest BCUT2D eigenvalue weighted by atomic mass is 19.1. The summed E-state index contributed by atoms with van der Waals surface area (Å²) in [4.78, 5) is 23.6. The van der Waals surface area contributed by atoms with Crippen molar-refractivity contribution in [1.82, 2.24) is 4.90 Å². The first kappa shape index (κ1) is 13.2. The van der Waals surface area contributed by atoms with Gasteiger partial charge in [0.2, 0.25) is 0 Å². The Bertz CT molecular complexity index is 445. The Balaban J connectivity index is 2.81. The summed E-state index contributed by atoms with van der Waals surface area (Å²) in [5, 5.41) is 8.52. The van der Waals surface area contributed by atoms with Crippen LogP contribution in [0.4, 0.5) is 4.39 Å². The molecule has 1 N–H and O–H groups in total. The summed E-state index contributed by atoms with van der Waals surface area (Å²) in [5.41, 5.74) is 0.927. The predicted molar refractivity (Wildman–Crippen MR) is 60.4 cm³/mol. The van der Waals surface area contributed by atoms with E-state index in [1.165, 1.54) is 24.1 Å². The van der Waals surface area contributed by atoms with Crippen LogP contribution in [0.1, 0.15) is 22.3 Å². The fraction of sp³-hybridized carbons (Fsp3) is 0.333. The van der Waals surface area contributed by atoms with Gasteiger partial charge >= 0.3 is 5.97 Å². The number of carboxylic acids is 1. The van der Waals surface area contributed by atoms with E-state index >= 15 is 0 Å². The van der Waals surface area contributed by atoms with Crippen molar-refractivity contribution in [2.24, 2.45) is 0 Å². The number of aryl methyl sites for hydroxylation is 1. The third kappa shape index (κ3) is 3.55. The normalized spacial score (nSPS) is 10.1. The standard InChI is InChI=1S/C12H14FNO3/c1-8-3-4-9(13)7-10(8)12(17)14(2)6-5-11(15)16/h3-4,7H,5-6H2,1-2H3,(H,15,16). The highest BCUT2D eigenvalue weighted by Gasteiger charge is 2.15. The van der Waals surface area contributed by atoms with Gasteiger partial charge in [0, 0.05) is 19.2 Å². The number of hydrogen-bond acceptors (Lipinski definition) is 2. The van der Waals surface area contributed by atoms with Crippen LogP contribution in [0.25, 0.3) is 0 Å². The van der Waals surface area contributed by atoms with Crippen molar-refractivity contribution in [3.8, 4) is 0 Å². The van der Waals surface area contributed by atoms with Gasteiger partial charge in [0.1, 0.15) is 5.82 Å². The molecule has 92 valence electrons. The molecule has 0 aliphatic rings. The van der Waals surface area contributed by atoms with Gasteiger partial charge in [-0.05, 0) is 24.6 Å². The van der Waals surface area contributed by atoms with Gasteiger partial charge in [-0.25, -0.2) is 4.39 Å². The molecule has 5 heteroatoms. The minimum atomic E-state index is -0.972. The van der Waals surface area contributed by atoms with Crippen LogP contribution in [-0.4, -0.2) is 35.5 Å². The molecule has 0 bridgehead atoms. The third-order valence-electron chi connectivity index (χ3n) is 2.44. The van der Waals surface area contributed by atoms with Gasteiger partial charge in [0.25, 0.3) is 5.91 Å². The fourth-order valence-electron chi connectivity index (χ4n) is 1.40. The van der Waals surface area contributed by atoms with E-state index in [9.17, 15) is 14.0 Å². The van der Waals surface area contributed by atoms with Gasteiger partial charge in [-0.3, -0.25) is 9.59 Å². The van der Waals surface area contributed by atoms with Crippen molar-refractivity contribution in [3.05, 3.63) is 35.1 Å². The van der Waals surface area contributed by atoms with Crippen LogP contribution in [0.3, 0.4) is 0 Å². The summed E-state index contributed by atoms with van der Waals surface area (Å²) in [6.07, 6.45) is -0.128. The predicted octanol–water partition coefficient (Wildman–Crippen LogP) is 1.68. The number of benzene rings is 1. The minimum Gasteiger partial charge on any atom is -0.481 e. The second-order valence-electron chi connectivity index (χ2n) is 3.83. The van der Waals surface area contributed by atoms with Gasteiger partial charge < -0.3 is 10.0 Å². The zero-order valence-corrected chi connectivity index (χ0v) is 9.74. The summed E-state index contributed by atoms with van der Waals surface area (Å²) in [6.45, 7) is 1.81. The summed E-state index contributed by atoms with van der Waals surface area (Å²) in [7, 11) is 1.50. The quantitative estimate of drug-likeness (QED) is 0.869. The van der Waals surface area contributed by atoms with Gasteiger partial charge in [0.05, 0.1) is 6.42 Å². The second kappa shape index (κ2) is 5.43. The molecule has 0 radical (unpaired) electrons. The molecule has 0 aliphatic carbocycles. The van der Waals surface area contributed by atoms with E-state index < -0.39 is 11.8 Å². The van der Waals surface area contributed by atoms with Crippen LogP contribution < -0.4 is 0 Å². The molecule has 0 saturated carbocycles. The molecule has 0 fully saturated rings. The lowest BCUT2D eigenvalue weighted by Crippen LogP contribution is -2.29. The van der Waals surface area contributed by atoms with Crippen LogP contribution >= 0.6 is 0 Å². The maximum Gasteiger partial charge on any atom is 0.305 e. The Hall–Kier alpha value is -1.91. The third-order valence-corrected chi connectivity index (χ3v) is 2.44. The molecule has 1 amide bonds. The van der Waals surface area contributed by atoms with E-state index in [1.807, 2.05) is 0 Å². The number of carboxylic acid groups (broad SMARTS) is 1. The molecule has 1 aromatic rings. The Kier molecular flexibility index (Phi) is 4.20.